The van der Waals surface area contributed by atoms with Crippen LogP contribution in [0.4, 0.5) is 0 Å². The molecule has 22 heavy (non-hydrogen) atoms. The topological polar surface area (TPSA) is 53.5 Å². The third-order valence-corrected chi connectivity index (χ3v) is 5.47. The second-order valence-electron chi connectivity index (χ2n) is 6.12. The highest BCUT2D eigenvalue weighted by Gasteiger charge is 2.54. The minimum atomic E-state index is -0.399. The number of thioether (sulfide) groups is 1. The Morgan fingerprint density at radius 3 is 2.95 bits per heavy atom. The predicted molar refractivity (Wildman–Crippen MR) is 86.8 cm³/mol. The molecule has 0 amide bonds. The zero-order valence-electron chi connectivity index (χ0n) is 12.8. The smallest absolute Gasteiger partial charge is 0.490 e. The van der Waals surface area contributed by atoms with Gasteiger partial charge in [-0.05, 0) is 50.8 Å². The first kappa shape index (κ1) is 16.1. The van der Waals surface area contributed by atoms with Crippen molar-refractivity contribution in [3.63, 3.8) is 0 Å². The van der Waals surface area contributed by atoms with Crippen molar-refractivity contribution in [2.24, 2.45) is 0 Å². The van der Waals surface area contributed by atoms with Crippen molar-refractivity contribution in [2.75, 3.05) is 6.61 Å². The fraction of sp³-hybridized carbons (Fsp3) is 0.571. The molecule has 1 saturated heterocycles. The van der Waals surface area contributed by atoms with E-state index >= 15 is 0 Å². The molecule has 1 aromatic rings. The van der Waals surface area contributed by atoms with E-state index in [9.17, 15) is 0 Å². The van der Waals surface area contributed by atoms with Crippen molar-refractivity contribution < 1.29 is 14.0 Å². The number of aromatic nitrogens is 2. The average molecular weight is 341 g/mol. The molecule has 3 heterocycles. The Morgan fingerprint density at radius 2 is 2.18 bits per heavy atom. The van der Waals surface area contributed by atoms with E-state index < -0.39 is 5.60 Å². The fourth-order valence-electron chi connectivity index (χ4n) is 2.62. The lowest BCUT2D eigenvalue weighted by atomic mass is 9.84. The molecule has 2 bridgehead atoms. The van der Waals surface area contributed by atoms with E-state index in [1.54, 1.807) is 24.2 Å². The Kier molecular flexibility index (Phi) is 4.42. The minimum absolute atomic E-state index is 0.167. The largest absolute Gasteiger partial charge is 0.501 e. The van der Waals surface area contributed by atoms with E-state index in [-0.39, 0.29) is 23.3 Å². The summed E-state index contributed by atoms with van der Waals surface area (Å²) in [6, 6.07) is 1.85. The van der Waals surface area contributed by atoms with E-state index in [1.807, 2.05) is 12.0 Å². The first-order valence-electron chi connectivity index (χ1n) is 7.17. The predicted octanol–water partition coefficient (Wildman–Crippen LogP) is 3.14. The van der Waals surface area contributed by atoms with Crippen LogP contribution in [0, 0.1) is 0 Å². The average Bonchev–Trinajstić information content (AvgIpc) is 2.67. The van der Waals surface area contributed by atoms with Crippen LogP contribution in [0.3, 0.4) is 0 Å². The Bertz CT molecular complexity index is 589. The van der Waals surface area contributed by atoms with Gasteiger partial charge in [0.1, 0.15) is 5.03 Å². The number of hydrogen-bond donors (Lipinski definition) is 0. The highest BCUT2D eigenvalue weighted by atomic mass is 35.5. The van der Waals surface area contributed by atoms with Gasteiger partial charge in [-0.15, -0.1) is 0 Å². The van der Waals surface area contributed by atoms with Crippen LogP contribution < -0.4 is 0 Å². The van der Waals surface area contributed by atoms with Crippen molar-refractivity contribution in [1.29, 1.82) is 0 Å². The van der Waals surface area contributed by atoms with Gasteiger partial charge in [0.15, 0.2) is 0 Å². The van der Waals surface area contributed by atoms with Gasteiger partial charge in [0, 0.05) is 11.4 Å². The fourth-order valence-corrected chi connectivity index (χ4v) is 3.98. The zero-order valence-corrected chi connectivity index (χ0v) is 14.4. The standard InChI is InChI=1S/C14H18BClN2O3S/c1-13(2)14(3)8-10(9-19-7-5-15(20-13)21-14)22-11-4-6-17-12(16)18-11/h4-7,10H,8-9H2,1-3H3/b7-5+. The molecule has 1 aromatic heterocycles. The molecule has 8 heteroatoms. The molecule has 0 saturated carbocycles. The van der Waals surface area contributed by atoms with Crippen molar-refractivity contribution in [3.05, 3.63) is 29.8 Å². The minimum Gasteiger partial charge on any atom is -0.501 e. The first-order valence-corrected chi connectivity index (χ1v) is 8.43. The maximum atomic E-state index is 6.12. The summed E-state index contributed by atoms with van der Waals surface area (Å²) in [5.41, 5.74) is -0.772. The molecule has 0 spiro atoms. The molecule has 0 radical (unpaired) electrons. The lowest BCUT2D eigenvalue weighted by Gasteiger charge is -2.38. The Morgan fingerprint density at radius 1 is 1.36 bits per heavy atom. The molecule has 2 aliphatic rings. The highest BCUT2D eigenvalue weighted by Crippen LogP contribution is 2.43. The monoisotopic (exact) mass is 340 g/mol. The van der Waals surface area contributed by atoms with Gasteiger partial charge in [-0.1, -0.05) is 11.8 Å². The maximum absolute atomic E-state index is 6.12. The molecule has 0 N–H and O–H groups in total. The molecule has 3 rings (SSSR count). The van der Waals surface area contributed by atoms with Crippen LogP contribution in [0.2, 0.25) is 5.28 Å². The maximum Gasteiger partial charge on any atom is 0.490 e. The molecule has 0 aliphatic carbocycles. The van der Waals surface area contributed by atoms with Crippen LogP contribution in [0.5, 0.6) is 0 Å². The number of ether oxygens (including phenoxy) is 1. The molecule has 118 valence electrons. The van der Waals surface area contributed by atoms with Gasteiger partial charge >= 0.3 is 7.12 Å². The van der Waals surface area contributed by atoms with E-state index in [4.69, 9.17) is 25.6 Å². The Hall–Kier alpha value is -0.755. The van der Waals surface area contributed by atoms with E-state index in [0.29, 0.717) is 6.61 Å². The van der Waals surface area contributed by atoms with Crippen molar-refractivity contribution in [2.45, 2.75) is 48.7 Å². The van der Waals surface area contributed by atoms with Gasteiger partial charge in [0.2, 0.25) is 5.28 Å². The molecule has 2 aliphatic heterocycles. The number of rotatable bonds is 2. The summed E-state index contributed by atoms with van der Waals surface area (Å²) < 4.78 is 17.7. The van der Waals surface area contributed by atoms with Crippen LogP contribution >= 0.6 is 23.4 Å². The SMILES string of the molecule is CC1(C)OB2/C=C/OCC(Sc3ccnc(Cl)n3)CC1(C)O2. The second-order valence-corrected chi connectivity index (χ2v) is 7.77. The summed E-state index contributed by atoms with van der Waals surface area (Å²) in [6.45, 7) is 6.79. The van der Waals surface area contributed by atoms with E-state index in [2.05, 4.69) is 30.7 Å². The van der Waals surface area contributed by atoms with Crippen molar-refractivity contribution in [3.8, 4) is 0 Å². The first-order chi connectivity index (χ1) is 10.4. The molecule has 0 aromatic carbocycles. The molecular weight excluding hydrogens is 322 g/mol. The van der Waals surface area contributed by atoms with Crippen LogP contribution in [0.15, 0.2) is 29.5 Å². The summed E-state index contributed by atoms with van der Waals surface area (Å²) in [7, 11) is -0.364. The van der Waals surface area contributed by atoms with Crippen LogP contribution in [0.1, 0.15) is 27.2 Å². The third-order valence-electron chi connectivity index (χ3n) is 4.18. The number of hydrogen-bond acceptors (Lipinski definition) is 6. The van der Waals surface area contributed by atoms with Gasteiger partial charge in [-0.2, -0.15) is 0 Å². The van der Waals surface area contributed by atoms with Gasteiger partial charge in [-0.3, -0.25) is 0 Å². The van der Waals surface area contributed by atoms with Crippen LogP contribution in [-0.4, -0.2) is 40.1 Å². The zero-order chi connectivity index (χ0) is 15.8. The summed E-state index contributed by atoms with van der Waals surface area (Å²) in [4.78, 5) is 8.15. The number of halogens is 1. The number of nitrogens with zero attached hydrogens (tertiary/aromatic N) is 2. The quantitative estimate of drug-likeness (QED) is 0.468. The summed E-state index contributed by atoms with van der Waals surface area (Å²) in [6.07, 6.45) is 4.09. The molecule has 5 nitrogen and oxygen atoms in total. The van der Waals surface area contributed by atoms with Gasteiger partial charge < -0.3 is 14.0 Å². The van der Waals surface area contributed by atoms with Crippen LogP contribution in [0.25, 0.3) is 0 Å². The summed E-state index contributed by atoms with van der Waals surface area (Å²) in [5, 5.41) is 1.25. The molecule has 1 fully saturated rings. The number of fused-ring (bicyclic) bond motifs is 2. The second kappa shape index (κ2) is 6.04. The summed E-state index contributed by atoms with van der Waals surface area (Å²) in [5.74, 6) is 1.81. The molecule has 2 atom stereocenters. The molecule has 2 unspecified atom stereocenters. The van der Waals surface area contributed by atoms with E-state index in [1.165, 1.54) is 0 Å². The van der Waals surface area contributed by atoms with Gasteiger partial charge in [0.05, 0.1) is 24.1 Å². The van der Waals surface area contributed by atoms with Crippen molar-refractivity contribution in [1.82, 2.24) is 9.97 Å². The van der Waals surface area contributed by atoms with Crippen LogP contribution in [-0.2, 0) is 14.0 Å². The highest BCUT2D eigenvalue weighted by molar-refractivity contribution is 7.99. The summed E-state index contributed by atoms with van der Waals surface area (Å²) >= 11 is 7.48. The molecular formula is C14H18BClN2O3S. The van der Waals surface area contributed by atoms with Crippen molar-refractivity contribution >= 4 is 30.5 Å². The van der Waals surface area contributed by atoms with Gasteiger partial charge in [-0.25, -0.2) is 9.97 Å². The lowest BCUT2D eigenvalue weighted by molar-refractivity contribution is -0.0182. The normalized spacial score (nSPS) is 31.8. The lowest BCUT2D eigenvalue weighted by Crippen LogP contribution is -2.47. The van der Waals surface area contributed by atoms with E-state index in [0.717, 1.165) is 11.4 Å². The third kappa shape index (κ3) is 3.27. The van der Waals surface area contributed by atoms with Gasteiger partial charge in [0.25, 0.3) is 0 Å². The Labute approximate surface area is 139 Å². The Balaban J connectivity index is 1.81.